The molecule has 0 aliphatic heterocycles. The summed E-state index contributed by atoms with van der Waals surface area (Å²) >= 11 is 0. The van der Waals surface area contributed by atoms with Crippen LogP contribution in [0.4, 0.5) is 0 Å². The molecule has 0 aromatic rings. The second-order valence-electron chi connectivity index (χ2n) is 5.61. The highest BCUT2D eigenvalue weighted by molar-refractivity contribution is 5.91. The lowest BCUT2D eigenvalue weighted by atomic mass is 10.1. The molecule has 0 aromatic heterocycles. The van der Waals surface area contributed by atoms with E-state index in [4.69, 9.17) is 9.94 Å². The van der Waals surface area contributed by atoms with Crippen molar-refractivity contribution in [3.63, 3.8) is 0 Å². The van der Waals surface area contributed by atoms with Crippen LogP contribution in [0.1, 0.15) is 39.5 Å². The molecule has 2 saturated carbocycles. The number of aliphatic carboxylic acids is 1. The number of hydrogen-bond donors (Lipinski definition) is 2. The number of carboxylic acids is 1. The number of carboxylic acid groups (broad SMARTS) is 1. The van der Waals surface area contributed by atoms with Crippen LogP contribution in [0, 0.1) is 17.3 Å². The van der Waals surface area contributed by atoms with E-state index in [2.05, 4.69) is 5.48 Å². The molecule has 0 spiro atoms. The molecule has 2 atom stereocenters. The molecule has 2 aliphatic rings. The zero-order valence-electron chi connectivity index (χ0n) is 10.2. The highest BCUT2D eigenvalue weighted by atomic mass is 16.7. The molecule has 2 aliphatic carbocycles. The summed E-state index contributed by atoms with van der Waals surface area (Å²) < 4.78 is 0. The maximum absolute atomic E-state index is 11.8. The summed E-state index contributed by atoms with van der Waals surface area (Å²) in [5.74, 6) is -2.26. The van der Waals surface area contributed by atoms with Crippen LogP contribution in [0.15, 0.2) is 0 Å². The van der Waals surface area contributed by atoms with Crippen molar-refractivity contribution in [2.24, 2.45) is 17.3 Å². The molecule has 2 rings (SSSR count). The van der Waals surface area contributed by atoms with Gasteiger partial charge in [0.2, 0.25) is 5.91 Å². The van der Waals surface area contributed by atoms with Gasteiger partial charge in [0.15, 0.2) is 0 Å². The highest BCUT2D eigenvalue weighted by Gasteiger charge is 2.66. The van der Waals surface area contributed by atoms with Gasteiger partial charge < -0.3 is 5.11 Å². The van der Waals surface area contributed by atoms with Crippen LogP contribution in [-0.4, -0.2) is 23.1 Å². The number of nitrogens with one attached hydrogen (secondary N) is 1. The minimum atomic E-state index is -0.906. The first-order chi connectivity index (χ1) is 7.94. The van der Waals surface area contributed by atoms with Crippen LogP contribution in [0.3, 0.4) is 0 Å². The van der Waals surface area contributed by atoms with Gasteiger partial charge in [0.05, 0.1) is 17.9 Å². The van der Waals surface area contributed by atoms with Gasteiger partial charge in [-0.3, -0.25) is 14.4 Å². The first-order valence-electron chi connectivity index (χ1n) is 6.13. The van der Waals surface area contributed by atoms with E-state index >= 15 is 0 Å². The fourth-order valence-corrected chi connectivity index (χ4v) is 2.80. The quantitative estimate of drug-likeness (QED) is 0.728. The number of rotatable bonds is 4. The van der Waals surface area contributed by atoms with Crippen LogP contribution in [0.25, 0.3) is 0 Å². The summed E-state index contributed by atoms with van der Waals surface area (Å²) in [6.07, 6.45) is 4.30. The van der Waals surface area contributed by atoms with Crippen molar-refractivity contribution in [3.05, 3.63) is 0 Å². The summed E-state index contributed by atoms with van der Waals surface area (Å²) in [6.45, 7) is 3.59. The molecule has 1 amide bonds. The van der Waals surface area contributed by atoms with Crippen LogP contribution in [-0.2, 0) is 14.4 Å². The summed E-state index contributed by atoms with van der Waals surface area (Å²) in [6, 6.07) is 0. The number of hydroxylamine groups is 1. The van der Waals surface area contributed by atoms with Gasteiger partial charge in [-0.25, -0.2) is 5.48 Å². The summed E-state index contributed by atoms with van der Waals surface area (Å²) in [5, 5.41) is 8.97. The molecule has 0 radical (unpaired) electrons. The largest absolute Gasteiger partial charge is 0.481 e. The normalized spacial score (nSPS) is 31.2. The third-order valence-electron chi connectivity index (χ3n) is 4.00. The van der Waals surface area contributed by atoms with Crippen LogP contribution in [0.2, 0.25) is 0 Å². The third kappa shape index (κ3) is 2.29. The highest BCUT2D eigenvalue weighted by Crippen LogP contribution is 2.58. The van der Waals surface area contributed by atoms with E-state index in [0.717, 1.165) is 25.7 Å². The zero-order chi connectivity index (χ0) is 12.6. The van der Waals surface area contributed by atoms with E-state index in [1.165, 1.54) is 0 Å². The Labute approximate surface area is 100 Å². The molecule has 5 nitrogen and oxygen atoms in total. The van der Waals surface area contributed by atoms with Gasteiger partial charge in [0.25, 0.3) is 0 Å². The molecule has 0 bridgehead atoms. The smallest absolute Gasteiger partial charge is 0.307 e. The summed E-state index contributed by atoms with van der Waals surface area (Å²) in [7, 11) is 0. The molecule has 0 unspecified atom stereocenters. The molecular formula is C12H19NO4. The second-order valence-corrected chi connectivity index (χ2v) is 5.61. The number of carbonyl (C=O) groups is 2. The SMILES string of the molecule is CC1(C)[C@H](C(=O)O)[C@@H]1C(=O)NOC1CCCC1. The Balaban J connectivity index is 1.82. The molecule has 2 N–H and O–H groups in total. The fourth-order valence-electron chi connectivity index (χ4n) is 2.80. The lowest BCUT2D eigenvalue weighted by molar-refractivity contribution is -0.144. The molecular weight excluding hydrogens is 222 g/mol. The van der Waals surface area contributed by atoms with Gasteiger partial charge in [0.1, 0.15) is 0 Å². The van der Waals surface area contributed by atoms with Crippen LogP contribution in [0.5, 0.6) is 0 Å². The number of hydrogen-bond acceptors (Lipinski definition) is 3. The predicted molar refractivity (Wildman–Crippen MR) is 59.9 cm³/mol. The molecule has 17 heavy (non-hydrogen) atoms. The van der Waals surface area contributed by atoms with Crippen LogP contribution >= 0.6 is 0 Å². The van der Waals surface area contributed by atoms with E-state index in [0.29, 0.717) is 0 Å². The Morgan fingerprint density at radius 2 is 1.82 bits per heavy atom. The van der Waals surface area contributed by atoms with Gasteiger partial charge >= 0.3 is 5.97 Å². The first kappa shape index (κ1) is 12.4. The lowest BCUT2D eigenvalue weighted by Crippen LogP contribution is -2.31. The van der Waals surface area contributed by atoms with E-state index in [1.807, 2.05) is 0 Å². The predicted octanol–water partition coefficient (Wildman–Crippen LogP) is 1.33. The number of carbonyl (C=O) groups excluding carboxylic acids is 1. The molecule has 0 aromatic carbocycles. The average molecular weight is 241 g/mol. The maximum Gasteiger partial charge on any atom is 0.307 e. The van der Waals surface area contributed by atoms with Crippen molar-refractivity contribution in [1.29, 1.82) is 0 Å². The van der Waals surface area contributed by atoms with Gasteiger partial charge in [0, 0.05) is 0 Å². The Hall–Kier alpha value is -1.10. The summed E-state index contributed by atoms with van der Waals surface area (Å²) in [5.41, 5.74) is 1.96. The molecule has 0 saturated heterocycles. The Kier molecular flexibility index (Phi) is 3.12. The monoisotopic (exact) mass is 241 g/mol. The standard InChI is InChI=1S/C12H19NO4/c1-12(2)8(9(12)11(15)16)10(14)13-17-7-5-3-4-6-7/h7-9H,3-6H2,1-2H3,(H,13,14)(H,15,16)/t8-,9+/m1/s1. The van der Waals surface area contributed by atoms with Gasteiger partial charge in [-0.2, -0.15) is 0 Å². The molecule has 96 valence electrons. The van der Waals surface area contributed by atoms with E-state index < -0.39 is 23.2 Å². The third-order valence-corrected chi connectivity index (χ3v) is 4.00. The molecule has 0 heterocycles. The lowest BCUT2D eigenvalue weighted by Gasteiger charge is -2.11. The van der Waals surface area contributed by atoms with Crippen molar-refractivity contribution >= 4 is 11.9 Å². The zero-order valence-corrected chi connectivity index (χ0v) is 10.2. The second kappa shape index (κ2) is 4.29. The maximum atomic E-state index is 11.8. The van der Waals surface area contributed by atoms with Gasteiger partial charge in [-0.15, -0.1) is 0 Å². The number of amides is 1. The van der Waals surface area contributed by atoms with Gasteiger partial charge in [-0.1, -0.05) is 26.7 Å². The van der Waals surface area contributed by atoms with E-state index in [9.17, 15) is 9.59 Å². The van der Waals surface area contributed by atoms with Crippen molar-refractivity contribution < 1.29 is 19.5 Å². The molecule has 5 heteroatoms. The minimum absolute atomic E-state index is 0.101. The Morgan fingerprint density at radius 3 is 2.29 bits per heavy atom. The van der Waals surface area contributed by atoms with Crippen molar-refractivity contribution in [2.75, 3.05) is 0 Å². The van der Waals surface area contributed by atoms with E-state index in [1.54, 1.807) is 13.8 Å². The summed E-state index contributed by atoms with van der Waals surface area (Å²) in [4.78, 5) is 28.0. The van der Waals surface area contributed by atoms with E-state index in [-0.39, 0.29) is 12.0 Å². The topological polar surface area (TPSA) is 75.6 Å². The Bertz CT molecular complexity index is 333. The van der Waals surface area contributed by atoms with Crippen molar-refractivity contribution in [3.8, 4) is 0 Å². The fraction of sp³-hybridized carbons (Fsp3) is 0.833. The van der Waals surface area contributed by atoms with Gasteiger partial charge in [-0.05, 0) is 18.3 Å². The van der Waals surface area contributed by atoms with Crippen molar-refractivity contribution in [2.45, 2.75) is 45.6 Å². The minimum Gasteiger partial charge on any atom is -0.481 e. The van der Waals surface area contributed by atoms with Crippen molar-refractivity contribution in [1.82, 2.24) is 5.48 Å². The average Bonchev–Trinajstić information content (AvgIpc) is 2.65. The first-order valence-corrected chi connectivity index (χ1v) is 6.13. The molecule has 2 fully saturated rings. The van der Waals surface area contributed by atoms with Crippen LogP contribution < -0.4 is 5.48 Å². The Morgan fingerprint density at radius 1 is 1.24 bits per heavy atom.